The Kier molecular flexibility index (Phi) is 4.91. The Balaban J connectivity index is 1.79. The lowest BCUT2D eigenvalue weighted by Crippen LogP contribution is -2.29. The number of anilines is 1. The van der Waals surface area contributed by atoms with E-state index in [-0.39, 0.29) is 16.7 Å². The smallest absolute Gasteiger partial charge is 0.262 e. The zero-order valence-corrected chi connectivity index (χ0v) is 14.4. The highest BCUT2D eigenvalue weighted by Crippen LogP contribution is 2.33. The molecule has 0 amide bonds. The maximum atomic E-state index is 12.7. The molecule has 0 bridgehead atoms. The molecule has 7 nitrogen and oxygen atoms in total. The van der Waals surface area contributed by atoms with Crippen LogP contribution >= 0.6 is 23.6 Å². The molecular formula is C15H14N4O3S2. The van der Waals surface area contributed by atoms with E-state index < -0.39 is 5.92 Å². The highest BCUT2D eigenvalue weighted by atomic mass is 32.1. The summed E-state index contributed by atoms with van der Waals surface area (Å²) in [7, 11) is 0. The molecule has 9 heteroatoms. The highest BCUT2D eigenvalue weighted by molar-refractivity contribution is 7.80. The molecule has 0 fully saturated rings. The molecule has 3 rings (SSSR count). The van der Waals surface area contributed by atoms with Crippen molar-refractivity contribution in [3.05, 3.63) is 34.9 Å². The number of carbonyl (C=O) groups is 2. The number of carbonyl (C=O) groups excluding carboxylic acids is 2. The first-order valence-corrected chi connectivity index (χ1v) is 8.59. The molecule has 1 unspecified atom stereocenters. The molecule has 2 aromatic heterocycles. The van der Waals surface area contributed by atoms with E-state index in [0.717, 1.165) is 0 Å². The van der Waals surface area contributed by atoms with Crippen LogP contribution < -0.4 is 5.32 Å². The third-order valence-electron chi connectivity index (χ3n) is 3.55. The average Bonchev–Trinajstić information content (AvgIpc) is 2.99. The number of ether oxygens (including phenoxy) is 1. The van der Waals surface area contributed by atoms with Crippen molar-refractivity contribution in [3.8, 4) is 0 Å². The second-order valence-corrected chi connectivity index (χ2v) is 6.46. The number of nitrogens with zero attached hydrogens (tertiary/aromatic N) is 3. The Bertz CT molecular complexity index is 791. The third kappa shape index (κ3) is 3.31. The standard InChI is InChI=1S/C15H14N4O3S2/c1-2-22-15(23)19-14-18-10-4-3-9(12(21)13(10)24-14)11(20)8-5-16-7-17-6-8/h5-7,9H,2-4H2,1H3,(H,18,19,23). The predicted octanol–water partition coefficient (Wildman–Crippen LogP) is 2.29. The number of nitrogens with one attached hydrogen (secondary N) is 1. The molecule has 0 saturated carbocycles. The van der Waals surface area contributed by atoms with E-state index in [4.69, 9.17) is 17.0 Å². The minimum atomic E-state index is -0.712. The van der Waals surface area contributed by atoms with E-state index in [2.05, 4.69) is 20.3 Å². The average molecular weight is 362 g/mol. The first-order chi connectivity index (χ1) is 11.6. The molecule has 0 aromatic carbocycles. The fourth-order valence-electron chi connectivity index (χ4n) is 2.47. The van der Waals surface area contributed by atoms with Crippen LogP contribution in [0.4, 0.5) is 5.13 Å². The number of thiazole rings is 1. The molecule has 0 aliphatic heterocycles. The monoisotopic (exact) mass is 362 g/mol. The summed E-state index contributed by atoms with van der Waals surface area (Å²) in [6, 6.07) is 0. The van der Waals surface area contributed by atoms with Gasteiger partial charge in [-0.05, 0) is 32.0 Å². The molecular weight excluding hydrogens is 348 g/mol. The van der Waals surface area contributed by atoms with Crippen LogP contribution in [0.5, 0.6) is 0 Å². The van der Waals surface area contributed by atoms with Crippen molar-refractivity contribution in [2.45, 2.75) is 19.8 Å². The van der Waals surface area contributed by atoms with Gasteiger partial charge in [0.2, 0.25) is 0 Å². The predicted molar refractivity (Wildman–Crippen MR) is 92.5 cm³/mol. The highest BCUT2D eigenvalue weighted by Gasteiger charge is 2.36. The van der Waals surface area contributed by atoms with E-state index >= 15 is 0 Å². The first-order valence-electron chi connectivity index (χ1n) is 7.37. The van der Waals surface area contributed by atoms with Crippen molar-refractivity contribution in [2.75, 3.05) is 11.9 Å². The van der Waals surface area contributed by atoms with Crippen molar-refractivity contribution in [1.82, 2.24) is 15.0 Å². The van der Waals surface area contributed by atoms with Gasteiger partial charge in [0.1, 0.15) is 6.33 Å². The van der Waals surface area contributed by atoms with E-state index in [1.807, 2.05) is 6.92 Å². The zero-order chi connectivity index (χ0) is 17.1. The van der Waals surface area contributed by atoms with Gasteiger partial charge in [0.15, 0.2) is 16.7 Å². The Morgan fingerprint density at radius 1 is 1.46 bits per heavy atom. The van der Waals surface area contributed by atoms with Gasteiger partial charge in [-0.2, -0.15) is 0 Å². The van der Waals surface area contributed by atoms with Crippen molar-refractivity contribution in [1.29, 1.82) is 0 Å². The van der Waals surface area contributed by atoms with Crippen LogP contribution in [-0.2, 0) is 11.2 Å². The van der Waals surface area contributed by atoms with Crippen molar-refractivity contribution < 1.29 is 14.3 Å². The van der Waals surface area contributed by atoms with Gasteiger partial charge in [0.05, 0.1) is 28.7 Å². The fraction of sp³-hybridized carbons (Fsp3) is 0.333. The molecule has 2 aromatic rings. The summed E-state index contributed by atoms with van der Waals surface area (Å²) in [5, 5.41) is 3.57. The van der Waals surface area contributed by atoms with Crippen LogP contribution in [0.3, 0.4) is 0 Å². The molecule has 1 N–H and O–H groups in total. The van der Waals surface area contributed by atoms with Gasteiger partial charge in [-0.3, -0.25) is 14.9 Å². The summed E-state index contributed by atoms with van der Waals surface area (Å²) >= 11 is 6.21. The lowest BCUT2D eigenvalue weighted by Gasteiger charge is -2.18. The summed E-state index contributed by atoms with van der Waals surface area (Å²) in [6.45, 7) is 2.28. The number of hydrogen-bond acceptors (Lipinski definition) is 8. The quantitative estimate of drug-likeness (QED) is 0.503. The SMILES string of the molecule is CCOC(=S)Nc1nc2c(s1)C(=O)C(C(=O)c1cncnc1)CC2. The minimum Gasteiger partial charge on any atom is -0.471 e. The van der Waals surface area contributed by atoms with Gasteiger partial charge in [-0.25, -0.2) is 15.0 Å². The molecule has 0 radical (unpaired) electrons. The molecule has 1 atom stereocenters. The zero-order valence-electron chi connectivity index (χ0n) is 12.8. The van der Waals surface area contributed by atoms with Gasteiger partial charge in [0, 0.05) is 12.4 Å². The summed E-state index contributed by atoms with van der Waals surface area (Å²) < 4.78 is 5.16. The summed E-state index contributed by atoms with van der Waals surface area (Å²) in [5.74, 6) is -1.17. The van der Waals surface area contributed by atoms with Gasteiger partial charge in [-0.1, -0.05) is 11.3 Å². The normalized spacial score (nSPS) is 16.4. The Morgan fingerprint density at radius 2 is 2.21 bits per heavy atom. The minimum absolute atomic E-state index is 0.210. The number of Topliss-reactive ketones (excluding diaryl/α,β-unsaturated/α-hetero) is 2. The van der Waals surface area contributed by atoms with Crippen LogP contribution in [0.2, 0.25) is 0 Å². The molecule has 24 heavy (non-hydrogen) atoms. The van der Waals surface area contributed by atoms with Crippen LogP contribution in [0.15, 0.2) is 18.7 Å². The molecule has 1 aliphatic rings. The number of aryl methyl sites for hydroxylation is 1. The Labute approximate surface area is 147 Å². The summed E-state index contributed by atoms with van der Waals surface area (Å²) in [5.41, 5.74) is 1.04. The van der Waals surface area contributed by atoms with E-state index in [9.17, 15) is 9.59 Å². The number of thiocarbonyl (C=S) groups is 1. The van der Waals surface area contributed by atoms with Crippen LogP contribution in [0.25, 0.3) is 0 Å². The number of rotatable bonds is 4. The van der Waals surface area contributed by atoms with Crippen molar-refractivity contribution in [3.63, 3.8) is 0 Å². The van der Waals surface area contributed by atoms with Crippen LogP contribution in [-0.4, -0.2) is 38.3 Å². The second kappa shape index (κ2) is 7.10. The number of fused-ring (bicyclic) bond motifs is 1. The fourth-order valence-corrected chi connectivity index (χ4v) is 3.75. The van der Waals surface area contributed by atoms with E-state index in [1.54, 1.807) is 0 Å². The molecule has 2 heterocycles. The molecule has 124 valence electrons. The van der Waals surface area contributed by atoms with Crippen molar-refractivity contribution >= 4 is 45.4 Å². The van der Waals surface area contributed by atoms with E-state index in [1.165, 1.54) is 30.1 Å². The molecule has 0 saturated heterocycles. The summed E-state index contributed by atoms with van der Waals surface area (Å²) in [4.78, 5) is 37.7. The van der Waals surface area contributed by atoms with Gasteiger partial charge in [0.25, 0.3) is 5.17 Å². The number of hydrogen-bond donors (Lipinski definition) is 1. The number of aromatic nitrogens is 3. The van der Waals surface area contributed by atoms with Crippen LogP contribution in [0.1, 0.15) is 39.1 Å². The maximum Gasteiger partial charge on any atom is 0.262 e. The maximum absolute atomic E-state index is 12.7. The van der Waals surface area contributed by atoms with Gasteiger partial charge < -0.3 is 4.74 Å². The first kappa shape index (κ1) is 16.6. The lowest BCUT2D eigenvalue weighted by molar-refractivity contribution is 0.0792. The van der Waals surface area contributed by atoms with Gasteiger partial charge in [-0.15, -0.1) is 0 Å². The van der Waals surface area contributed by atoms with E-state index in [0.29, 0.717) is 40.7 Å². The van der Waals surface area contributed by atoms with Gasteiger partial charge >= 0.3 is 0 Å². The largest absolute Gasteiger partial charge is 0.471 e. The lowest BCUT2D eigenvalue weighted by atomic mass is 9.85. The Morgan fingerprint density at radius 3 is 2.92 bits per heavy atom. The van der Waals surface area contributed by atoms with Crippen LogP contribution in [0, 0.1) is 5.92 Å². The molecule has 0 spiro atoms. The Hall–Kier alpha value is -2.26. The topological polar surface area (TPSA) is 94.1 Å². The summed E-state index contributed by atoms with van der Waals surface area (Å²) in [6.07, 6.45) is 5.19. The molecule has 1 aliphatic carbocycles. The second-order valence-electron chi connectivity index (χ2n) is 5.09. The van der Waals surface area contributed by atoms with Crippen molar-refractivity contribution in [2.24, 2.45) is 5.92 Å². The third-order valence-corrected chi connectivity index (χ3v) is 4.80. The number of ketones is 2.